The third-order valence-electron chi connectivity index (χ3n) is 5.72. The first kappa shape index (κ1) is 24.9. The highest BCUT2D eigenvalue weighted by Gasteiger charge is 2.36. The lowest BCUT2D eigenvalue weighted by atomic mass is 10.0. The highest BCUT2D eigenvalue weighted by Crippen LogP contribution is 2.40. The average molecular weight is 518 g/mol. The van der Waals surface area contributed by atoms with E-state index in [-0.39, 0.29) is 24.2 Å². The molecule has 1 atom stereocenters. The molecular weight excluding hydrogens is 495 g/mol. The van der Waals surface area contributed by atoms with Crippen LogP contribution >= 0.6 is 18.7 Å². The smallest absolute Gasteiger partial charge is 0.319 e. The highest BCUT2D eigenvalue weighted by molar-refractivity contribution is 7.70. The summed E-state index contributed by atoms with van der Waals surface area (Å²) in [5.41, 5.74) is 0.538. The van der Waals surface area contributed by atoms with Crippen molar-refractivity contribution in [2.45, 2.75) is 12.5 Å². The zero-order chi connectivity index (χ0) is 25.3. The Morgan fingerprint density at radius 1 is 1.03 bits per heavy atom. The van der Waals surface area contributed by atoms with E-state index in [1.54, 1.807) is 61.9 Å². The Hall–Kier alpha value is -3.22. The Morgan fingerprint density at radius 2 is 1.77 bits per heavy atom. The topological polar surface area (TPSA) is 78.5 Å². The summed E-state index contributed by atoms with van der Waals surface area (Å²) in [6.45, 7) is 3.23. The molecule has 182 valence electrons. The van der Waals surface area contributed by atoms with Gasteiger partial charge in [-0.05, 0) is 55.6 Å². The third-order valence-corrected chi connectivity index (χ3v) is 7.51. The number of carbonyl (C=O) groups excluding carboxylic acids is 2. The SMILES string of the molecule is CP(C)(=O)c1ccccc1-c1ccc(N2CC[C@@H](NC(=O)Nc3cccc(Cl)c3)C2=O)c(F)c1F. The second-order valence-corrected chi connectivity index (χ2v) is 12.2. The zero-order valence-electron chi connectivity index (χ0n) is 19.0. The molecule has 0 bridgehead atoms. The summed E-state index contributed by atoms with van der Waals surface area (Å²) in [6.07, 6.45) is 0.224. The molecule has 3 aromatic carbocycles. The van der Waals surface area contributed by atoms with Crippen molar-refractivity contribution in [1.82, 2.24) is 5.32 Å². The fourth-order valence-corrected chi connectivity index (χ4v) is 5.48. The van der Waals surface area contributed by atoms with Gasteiger partial charge in [0.05, 0.1) is 5.69 Å². The first-order chi connectivity index (χ1) is 16.6. The van der Waals surface area contributed by atoms with E-state index in [1.165, 1.54) is 12.1 Å². The number of halogens is 3. The van der Waals surface area contributed by atoms with E-state index >= 15 is 8.78 Å². The van der Waals surface area contributed by atoms with Crippen molar-refractivity contribution < 1.29 is 22.9 Å². The number of benzene rings is 3. The molecule has 1 saturated heterocycles. The molecule has 0 radical (unpaired) electrons. The summed E-state index contributed by atoms with van der Waals surface area (Å²) in [5.74, 6) is -2.87. The monoisotopic (exact) mass is 517 g/mol. The van der Waals surface area contributed by atoms with E-state index < -0.39 is 36.8 Å². The molecule has 4 rings (SSSR count). The Morgan fingerprint density at radius 3 is 2.49 bits per heavy atom. The van der Waals surface area contributed by atoms with Gasteiger partial charge in [-0.2, -0.15) is 0 Å². The summed E-state index contributed by atoms with van der Waals surface area (Å²) in [6, 6.07) is 14.3. The standard InChI is InChI=1S/C25H23ClF2N3O3P/c1-35(2,34)21-9-4-3-8-17(21)18-10-11-20(23(28)22(18)27)31-13-12-19(24(31)32)30-25(33)29-16-7-5-6-15(26)14-16/h3-11,14,19H,12-13H2,1-2H3,(H2,29,30,33)/t19-/m1/s1. The molecule has 0 unspecified atom stereocenters. The van der Waals surface area contributed by atoms with Gasteiger partial charge in [0.1, 0.15) is 13.2 Å². The lowest BCUT2D eigenvalue weighted by molar-refractivity contribution is -0.118. The largest absolute Gasteiger partial charge is 0.326 e. The molecule has 3 aromatic rings. The molecule has 35 heavy (non-hydrogen) atoms. The van der Waals surface area contributed by atoms with Gasteiger partial charge in [0.2, 0.25) is 5.91 Å². The quantitative estimate of drug-likeness (QED) is 0.441. The first-order valence-corrected chi connectivity index (χ1v) is 13.8. The second kappa shape index (κ2) is 9.80. The maximum Gasteiger partial charge on any atom is 0.319 e. The molecule has 6 nitrogen and oxygen atoms in total. The summed E-state index contributed by atoms with van der Waals surface area (Å²) in [4.78, 5) is 26.3. The minimum Gasteiger partial charge on any atom is -0.326 e. The predicted octanol–water partition coefficient (Wildman–Crippen LogP) is 5.46. The molecule has 3 amide bonds. The van der Waals surface area contributed by atoms with Crippen LogP contribution in [0.15, 0.2) is 60.7 Å². The molecule has 0 aromatic heterocycles. The van der Waals surface area contributed by atoms with Crippen LogP contribution in [0.2, 0.25) is 5.02 Å². The van der Waals surface area contributed by atoms with Gasteiger partial charge in [0.25, 0.3) is 0 Å². The molecule has 1 aliphatic rings. The van der Waals surface area contributed by atoms with Crippen LogP contribution in [0.4, 0.5) is 25.0 Å². The fraction of sp³-hybridized carbons (Fsp3) is 0.200. The summed E-state index contributed by atoms with van der Waals surface area (Å²) in [7, 11) is -2.76. The Bertz CT molecular complexity index is 1360. The lowest BCUT2D eigenvalue weighted by Gasteiger charge is -2.20. The van der Waals surface area contributed by atoms with E-state index in [1.807, 2.05) is 0 Å². The van der Waals surface area contributed by atoms with Crippen LogP contribution in [0.25, 0.3) is 11.1 Å². The number of rotatable bonds is 5. The molecule has 1 aliphatic heterocycles. The zero-order valence-corrected chi connectivity index (χ0v) is 20.7. The van der Waals surface area contributed by atoms with E-state index in [9.17, 15) is 14.2 Å². The second-order valence-electron chi connectivity index (χ2n) is 8.57. The summed E-state index contributed by atoms with van der Waals surface area (Å²) >= 11 is 5.90. The van der Waals surface area contributed by atoms with Gasteiger partial charge in [-0.3, -0.25) is 4.79 Å². The van der Waals surface area contributed by atoms with Crippen LogP contribution in [0.1, 0.15) is 6.42 Å². The number of nitrogens with one attached hydrogen (secondary N) is 2. The van der Waals surface area contributed by atoms with Crippen molar-refractivity contribution in [3.05, 3.63) is 77.3 Å². The van der Waals surface area contributed by atoms with Crippen molar-refractivity contribution >= 4 is 47.4 Å². The van der Waals surface area contributed by atoms with Crippen molar-refractivity contribution in [1.29, 1.82) is 0 Å². The summed E-state index contributed by atoms with van der Waals surface area (Å²) < 4.78 is 43.0. The van der Waals surface area contributed by atoms with E-state index in [0.29, 0.717) is 21.6 Å². The molecule has 0 saturated carbocycles. The Labute approximate surface area is 206 Å². The molecule has 10 heteroatoms. The maximum absolute atomic E-state index is 15.2. The van der Waals surface area contributed by atoms with E-state index in [2.05, 4.69) is 10.6 Å². The van der Waals surface area contributed by atoms with E-state index in [4.69, 9.17) is 11.6 Å². The Balaban J connectivity index is 1.54. The van der Waals surface area contributed by atoms with Gasteiger partial charge in [-0.1, -0.05) is 41.9 Å². The number of hydrogen-bond donors (Lipinski definition) is 2. The normalized spacial score (nSPS) is 15.9. The van der Waals surface area contributed by atoms with Gasteiger partial charge < -0.3 is 20.1 Å². The van der Waals surface area contributed by atoms with Crippen LogP contribution in [0.3, 0.4) is 0 Å². The lowest BCUT2D eigenvalue weighted by Crippen LogP contribution is -2.43. The third kappa shape index (κ3) is 5.24. The highest BCUT2D eigenvalue weighted by atomic mass is 35.5. The van der Waals surface area contributed by atoms with E-state index in [0.717, 1.165) is 4.90 Å². The number of anilines is 2. The Kier molecular flexibility index (Phi) is 6.97. The average Bonchev–Trinajstić information content (AvgIpc) is 3.14. The van der Waals surface area contributed by atoms with Gasteiger partial charge in [0.15, 0.2) is 11.6 Å². The van der Waals surface area contributed by atoms with Crippen LogP contribution in [0, 0.1) is 11.6 Å². The fourth-order valence-electron chi connectivity index (χ4n) is 4.07. The van der Waals surface area contributed by atoms with Crippen LogP contribution in [-0.4, -0.2) is 37.9 Å². The molecule has 0 aliphatic carbocycles. The van der Waals surface area contributed by atoms with Crippen molar-refractivity contribution in [3.8, 4) is 11.1 Å². The number of amides is 3. The van der Waals surface area contributed by atoms with Gasteiger partial charge in [-0.15, -0.1) is 0 Å². The number of nitrogens with zero attached hydrogens (tertiary/aromatic N) is 1. The predicted molar refractivity (Wildman–Crippen MR) is 135 cm³/mol. The van der Waals surface area contributed by atoms with Gasteiger partial charge in [-0.25, -0.2) is 13.6 Å². The number of hydrogen-bond acceptors (Lipinski definition) is 3. The van der Waals surface area contributed by atoms with Crippen molar-refractivity contribution in [2.24, 2.45) is 0 Å². The minimum atomic E-state index is -2.76. The summed E-state index contributed by atoms with van der Waals surface area (Å²) in [5, 5.41) is 6.03. The number of urea groups is 1. The number of carbonyl (C=O) groups is 2. The van der Waals surface area contributed by atoms with Crippen molar-refractivity contribution in [2.75, 3.05) is 30.1 Å². The minimum absolute atomic E-state index is 0.0343. The molecule has 0 spiro atoms. The van der Waals surface area contributed by atoms with Crippen LogP contribution in [-0.2, 0) is 9.36 Å². The first-order valence-electron chi connectivity index (χ1n) is 10.8. The molecule has 1 fully saturated rings. The van der Waals surface area contributed by atoms with Crippen LogP contribution in [0.5, 0.6) is 0 Å². The van der Waals surface area contributed by atoms with Gasteiger partial charge >= 0.3 is 6.03 Å². The molecule has 1 heterocycles. The molecule has 2 N–H and O–H groups in total. The molecular formula is C25H23ClF2N3O3P. The van der Waals surface area contributed by atoms with Crippen LogP contribution < -0.4 is 20.8 Å². The van der Waals surface area contributed by atoms with Crippen molar-refractivity contribution in [3.63, 3.8) is 0 Å². The maximum atomic E-state index is 15.2. The van der Waals surface area contributed by atoms with Gasteiger partial charge in [0, 0.05) is 28.1 Å².